The Labute approximate surface area is 46.1 Å². The van der Waals surface area contributed by atoms with Crippen LogP contribution in [0.4, 0.5) is 0 Å². The van der Waals surface area contributed by atoms with Crippen molar-refractivity contribution in [2.24, 2.45) is 0 Å². The summed E-state index contributed by atoms with van der Waals surface area (Å²) in [6.45, 7) is -0.104. The summed E-state index contributed by atoms with van der Waals surface area (Å²) in [5, 5.41) is 11.1. The van der Waals surface area contributed by atoms with E-state index in [-0.39, 0.29) is 25.3 Å². The molecule has 6 heavy (non-hydrogen) atoms. The molecule has 0 saturated heterocycles. The van der Waals surface area contributed by atoms with Crippen LogP contribution in [0.25, 0.3) is 0 Å². The van der Waals surface area contributed by atoms with Gasteiger partial charge >= 0.3 is 25.3 Å². The number of rotatable bonds is 2. The maximum Gasteiger partial charge on any atom is 1.00 e. The summed E-state index contributed by atoms with van der Waals surface area (Å²) in [4.78, 5) is 12.0. The predicted octanol–water partition coefficient (Wildman–Crippen LogP) is -4.63. The number of carbonyl (C=O) groups is 1. The molecule has 0 aliphatic heterocycles. The second kappa shape index (κ2) is 8.89. The van der Waals surface area contributed by atoms with Gasteiger partial charge in [0, 0.05) is 0 Å². The Morgan fingerprint density at radius 3 is 2.17 bits per heavy atom. The minimum Gasteiger partial charge on any atom is -0.681 e. The van der Waals surface area contributed by atoms with E-state index in [1.807, 2.05) is 0 Å². The molecule has 0 aromatic rings. The van der Waals surface area contributed by atoms with Gasteiger partial charge in [0.25, 0.3) is 0 Å². The predicted molar refractivity (Wildman–Crippen MR) is 8.23 cm³/mol. The van der Waals surface area contributed by atoms with Crippen LogP contribution in [0.5, 0.6) is 0 Å². The van der Waals surface area contributed by atoms with Crippen molar-refractivity contribution in [2.75, 3.05) is 0 Å². The van der Waals surface area contributed by atoms with E-state index < -0.39 is 0 Å². The Hall–Kier alpha value is -0.0126. The Bertz CT molecular complexity index is 28.7. The molecule has 0 saturated carbocycles. The molecule has 0 aromatic heterocycles. The van der Waals surface area contributed by atoms with Crippen molar-refractivity contribution in [3.8, 4) is 0 Å². The summed E-state index contributed by atoms with van der Waals surface area (Å²) in [6, 6.07) is 0. The molecular weight excluding hydrogens is 82.9 g/mol. The first-order chi connectivity index (χ1) is 2.41. The molecule has 4 nitrogen and oxygen atoms in total. The van der Waals surface area contributed by atoms with Crippen LogP contribution >= 0.6 is 0 Å². The van der Waals surface area contributed by atoms with Crippen molar-refractivity contribution in [3.05, 3.63) is 0 Å². The minimum absolute atomic E-state index is 0. The van der Waals surface area contributed by atoms with Crippen molar-refractivity contribution in [1.29, 1.82) is 0 Å². The van der Waals surface area contributed by atoms with Gasteiger partial charge in [0.05, 0.1) is 0 Å². The van der Waals surface area contributed by atoms with Crippen molar-refractivity contribution in [3.63, 3.8) is 0 Å². The molecule has 0 spiro atoms. The molecule has 0 rings (SSSR count). The van der Waals surface area contributed by atoms with Crippen molar-refractivity contribution >= 4 is 6.47 Å². The first-order valence-electron chi connectivity index (χ1n) is 0.805. The van der Waals surface area contributed by atoms with Gasteiger partial charge in [-0.05, 0) is 0 Å². The van der Waals surface area contributed by atoms with Crippen molar-refractivity contribution in [1.82, 2.24) is 0 Å². The molecule has 0 fully saturated rings. The van der Waals surface area contributed by atoms with Gasteiger partial charge in [-0.15, -0.1) is 0 Å². The van der Waals surface area contributed by atoms with E-state index in [4.69, 9.17) is 10.1 Å². The molecule has 0 N–H and O–H groups in total. The van der Waals surface area contributed by atoms with Crippen LogP contribution in [0.1, 0.15) is 0 Å². The maximum absolute atomic E-state index is 8.86. The van der Waals surface area contributed by atoms with Crippen LogP contribution in [0.3, 0.4) is 0 Å². The van der Waals surface area contributed by atoms with E-state index in [1.165, 1.54) is 0 Å². The van der Waals surface area contributed by atoms with Crippen molar-refractivity contribution < 1.29 is 38.8 Å². The van der Waals surface area contributed by atoms with E-state index in [9.17, 15) is 0 Å². The van der Waals surface area contributed by atoms with Gasteiger partial charge in [-0.25, -0.2) is 5.04 Å². The van der Waals surface area contributed by atoms with Crippen molar-refractivity contribution in [2.45, 2.75) is 0 Å². The molecule has 0 bridgehead atoms. The second-order valence-electron chi connectivity index (χ2n) is 0.260. The Morgan fingerprint density at radius 1 is 1.67 bits per heavy atom. The third-order valence-electron chi connectivity index (χ3n) is 0.0786. The first-order valence-corrected chi connectivity index (χ1v) is 0.805. The smallest absolute Gasteiger partial charge is 0.681 e. The molecule has 0 atom stereocenters. The number of carbonyl (C=O) groups excluding carboxylic acids is 1. The Kier molecular flexibility index (Phi) is 13.9. The molecule has 0 aromatic carbocycles. The van der Waals surface area contributed by atoms with Crippen LogP contribution in [0, 0.1) is 0 Å². The zero-order valence-electron chi connectivity index (χ0n) is 3.21. The molecule has 0 radical (unpaired) electrons. The summed E-state index contributed by atoms with van der Waals surface area (Å²) >= 11 is 0. The van der Waals surface area contributed by atoms with Crippen LogP contribution in [-0.4, -0.2) is 6.47 Å². The zero-order valence-corrected chi connectivity index (χ0v) is 3.21. The fourth-order valence-corrected chi connectivity index (χ4v) is 0.0160. The van der Waals surface area contributed by atoms with Gasteiger partial charge in [0.1, 0.15) is 0 Å². The minimum atomic E-state index is -0.104. The monoisotopic (exact) mass is 84.0 g/mol. The third-order valence-corrected chi connectivity index (χ3v) is 0.0786. The van der Waals surface area contributed by atoms with Crippen LogP contribution in [-0.2, 0) is 14.7 Å². The Morgan fingerprint density at radius 2 is 2.17 bits per heavy atom. The first kappa shape index (κ1) is 9.37. The van der Waals surface area contributed by atoms with Gasteiger partial charge in [0.2, 0.25) is 0 Å². The summed E-state index contributed by atoms with van der Waals surface area (Å²) in [6.07, 6.45) is 0. The SMILES string of the molecule is O=COO[O-].[Li+]. The average molecular weight is 84.0 g/mol. The standard InChI is InChI=1S/CH2O4.Li/c2-1-4-5-3;/h1,3H;/q;+1/p-1. The summed E-state index contributed by atoms with van der Waals surface area (Å²) in [7, 11) is 0. The topological polar surface area (TPSA) is 58.6 Å². The maximum atomic E-state index is 8.86. The van der Waals surface area contributed by atoms with Gasteiger partial charge in [-0.1, -0.05) is 0 Å². The van der Waals surface area contributed by atoms with E-state index in [0.29, 0.717) is 0 Å². The van der Waals surface area contributed by atoms with Gasteiger partial charge in [0.15, 0.2) is 0 Å². The van der Waals surface area contributed by atoms with Gasteiger partial charge in [-0.2, -0.15) is 0 Å². The molecular formula is CHLiO4. The van der Waals surface area contributed by atoms with E-state index in [0.717, 1.165) is 0 Å². The quantitative estimate of drug-likeness (QED) is 0.146. The molecule has 5 heteroatoms. The fourth-order valence-electron chi connectivity index (χ4n) is 0.0160. The molecule has 0 unspecified atom stereocenters. The molecule has 0 aliphatic rings. The molecule has 0 heterocycles. The van der Waals surface area contributed by atoms with Crippen LogP contribution in [0.2, 0.25) is 0 Å². The van der Waals surface area contributed by atoms with E-state index in [1.54, 1.807) is 0 Å². The van der Waals surface area contributed by atoms with E-state index >= 15 is 0 Å². The molecule has 30 valence electrons. The molecule has 0 aliphatic carbocycles. The number of hydrogen-bond acceptors (Lipinski definition) is 4. The zero-order chi connectivity index (χ0) is 4.12. The van der Waals surface area contributed by atoms with Gasteiger partial charge < -0.3 is 10.1 Å². The summed E-state index contributed by atoms with van der Waals surface area (Å²) in [5.41, 5.74) is 0. The summed E-state index contributed by atoms with van der Waals surface area (Å²) < 4.78 is 0. The second-order valence-corrected chi connectivity index (χ2v) is 0.260. The largest absolute Gasteiger partial charge is 1.00 e. The number of hydrogen-bond donors (Lipinski definition) is 0. The average Bonchev–Trinajstić information content (AvgIpc) is 1.41. The van der Waals surface area contributed by atoms with Crippen LogP contribution in [0.15, 0.2) is 0 Å². The van der Waals surface area contributed by atoms with E-state index in [2.05, 4.69) is 9.93 Å². The fraction of sp³-hybridized carbons (Fsp3) is 0. The Balaban J connectivity index is 0. The molecule has 0 amide bonds. The van der Waals surface area contributed by atoms with Crippen LogP contribution < -0.4 is 24.1 Å². The summed E-state index contributed by atoms with van der Waals surface area (Å²) in [5.74, 6) is 0. The third kappa shape index (κ3) is 9.01. The van der Waals surface area contributed by atoms with Gasteiger partial charge in [-0.3, -0.25) is 4.79 Å². The normalized spacial score (nSPS) is 5.50.